The molecular weight excluding hydrogens is 244 g/mol. The second-order valence-corrected chi connectivity index (χ2v) is 5.96. The van der Waals surface area contributed by atoms with Gasteiger partial charge in [0.15, 0.2) is 0 Å². The van der Waals surface area contributed by atoms with Crippen molar-refractivity contribution >= 4 is 11.8 Å². The Kier molecular flexibility index (Phi) is 5.35. The van der Waals surface area contributed by atoms with Gasteiger partial charge < -0.3 is 15.0 Å². The SMILES string of the molecule is COC(C)CN1C(=O)C(C(C)C)NC(=O)C1C(C)C. The molecule has 1 fully saturated rings. The van der Waals surface area contributed by atoms with Crippen LogP contribution in [0.15, 0.2) is 0 Å². The summed E-state index contributed by atoms with van der Waals surface area (Å²) in [6, 6.07) is -0.827. The van der Waals surface area contributed by atoms with E-state index in [-0.39, 0.29) is 29.8 Å². The maximum atomic E-state index is 12.5. The van der Waals surface area contributed by atoms with Crippen LogP contribution in [0.5, 0.6) is 0 Å². The maximum Gasteiger partial charge on any atom is 0.246 e. The minimum atomic E-state index is -0.424. The van der Waals surface area contributed by atoms with Gasteiger partial charge in [0, 0.05) is 13.7 Å². The third-order valence-electron chi connectivity index (χ3n) is 3.61. The zero-order valence-electron chi connectivity index (χ0n) is 12.8. The van der Waals surface area contributed by atoms with E-state index in [1.165, 1.54) is 0 Å². The summed E-state index contributed by atoms with van der Waals surface area (Å²) in [4.78, 5) is 26.4. The highest BCUT2D eigenvalue weighted by atomic mass is 16.5. The summed E-state index contributed by atoms with van der Waals surface area (Å²) in [6.45, 7) is 10.2. The molecule has 0 radical (unpaired) electrons. The number of hydrogen-bond acceptors (Lipinski definition) is 3. The lowest BCUT2D eigenvalue weighted by Crippen LogP contribution is -2.66. The van der Waals surface area contributed by atoms with Crippen LogP contribution in [0.1, 0.15) is 34.6 Å². The van der Waals surface area contributed by atoms with Gasteiger partial charge in [0.1, 0.15) is 12.1 Å². The van der Waals surface area contributed by atoms with Gasteiger partial charge in [-0.05, 0) is 18.8 Å². The van der Waals surface area contributed by atoms with Crippen LogP contribution in [-0.2, 0) is 14.3 Å². The van der Waals surface area contributed by atoms with E-state index >= 15 is 0 Å². The molecule has 0 aromatic carbocycles. The first-order valence-electron chi connectivity index (χ1n) is 6.93. The molecule has 5 nitrogen and oxygen atoms in total. The maximum absolute atomic E-state index is 12.5. The zero-order chi connectivity index (χ0) is 14.7. The van der Waals surface area contributed by atoms with Crippen LogP contribution in [0.25, 0.3) is 0 Å². The molecule has 1 heterocycles. The smallest absolute Gasteiger partial charge is 0.246 e. The van der Waals surface area contributed by atoms with Crippen molar-refractivity contribution in [1.29, 1.82) is 0 Å². The van der Waals surface area contributed by atoms with Gasteiger partial charge in [-0.2, -0.15) is 0 Å². The molecule has 5 heteroatoms. The lowest BCUT2D eigenvalue weighted by Gasteiger charge is -2.42. The normalized spacial score (nSPS) is 26.0. The quantitative estimate of drug-likeness (QED) is 0.811. The Morgan fingerprint density at radius 2 is 1.74 bits per heavy atom. The van der Waals surface area contributed by atoms with Gasteiger partial charge in [-0.25, -0.2) is 0 Å². The van der Waals surface area contributed by atoms with E-state index in [9.17, 15) is 9.59 Å². The van der Waals surface area contributed by atoms with Crippen molar-refractivity contribution in [2.75, 3.05) is 13.7 Å². The molecule has 1 aliphatic rings. The van der Waals surface area contributed by atoms with E-state index in [0.29, 0.717) is 6.54 Å². The summed E-state index contributed by atoms with van der Waals surface area (Å²) in [6.07, 6.45) is -0.0797. The summed E-state index contributed by atoms with van der Waals surface area (Å²) in [5.41, 5.74) is 0. The molecule has 0 bridgehead atoms. The number of carbonyl (C=O) groups excluding carboxylic acids is 2. The summed E-state index contributed by atoms with van der Waals surface area (Å²) in [5, 5.41) is 2.85. The third-order valence-corrected chi connectivity index (χ3v) is 3.61. The molecule has 3 atom stereocenters. The number of nitrogens with one attached hydrogen (secondary N) is 1. The van der Waals surface area contributed by atoms with Gasteiger partial charge >= 0.3 is 0 Å². The van der Waals surface area contributed by atoms with Crippen LogP contribution in [0.4, 0.5) is 0 Å². The third kappa shape index (κ3) is 3.47. The first-order chi connectivity index (χ1) is 8.79. The van der Waals surface area contributed by atoms with E-state index in [1.807, 2.05) is 34.6 Å². The van der Waals surface area contributed by atoms with Crippen molar-refractivity contribution in [2.24, 2.45) is 11.8 Å². The van der Waals surface area contributed by atoms with Gasteiger partial charge in [0.2, 0.25) is 11.8 Å². The lowest BCUT2D eigenvalue weighted by molar-refractivity contribution is -0.154. The van der Waals surface area contributed by atoms with Gasteiger partial charge in [-0.3, -0.25) is 9.59 Å². The second kappa shape index (κ2) is 6.37. The van der Waals surface area contributed by atoms with Crippen LogP contribution in [0.3, 0.4) is 0 Å². The number of hydrogen-bond donors (Lipinski definition) is 1. The van der Waals surface area contributed by atoms with E-state index < -0.39 is 12.1 Å². The van der Waals surface area contributed by atoms with E-state index in [0.717, 1.165) is 0 Å². The van der Waals surface area contributed by atoms with Crippen molar-refractivity contribution in [3.8, 4) is 0 Å². The van der Waals surface area contributed by atoms with Crippen molar-refractivity contribution < 1.29 is 14.3 Å². The Bertz CT molecular complexity index is 342. The number of amides is 2. The highest BCUT2D eigenvalue weighted by molar-refractivity contribution is 5.97. The Labute approximate surface area is 115 Å². The van der Waals surface area contributed by atoms with Crippen LogP contribution in [-0.4, -0.2) is 48.6 Å². The number of methoxy groups -OCH3 is 1. The van der Waals surface area contributed by atoms with E-state index in [2.05, 4.69) is 5.32 Å². The van der Waals surface area contributed by atoms with Gasteiger partial charge in [0.05, 0.1) is 6.10 Å². The van der Waals surface area contributed by atoms with Crippen molar-refractivity contribution in [3.63, 3.8) is 0 Å². The molecule has 110 valence electrons. The second-order valence-electron chi connectivity index (χ2n) is 5.96. The molecule has 1 aliphatic heterocycles. The molecule has 1 N–H and O–H groups in total. The Morgan fingerprint density at radius 1 is 1.16 bits per heavy atom. The Morgan fingerprint density at radius 3 is 2.16 bits per heavy atom. The topological polar surface area (TPSA) is 58.6 Å². The average molecular weight is 270 g/mol. The first-order valence-corrected chi connectivity index (χ1v) is 6.93. The standard InChI is InChI=1S/C14H26N2O3/c1-8(2)11-14(18)16(7-10(5)19-6)12(9(3)4)13(17)15-11/h8-12H,7H2,1-6H3,(H,15,17). The molecule has 0 aliphatic carbocycles. The lowest BCUT2D eigenvalue weighted by atomic mass is 9.92. The van der Waals surface area contributed by atoms with Crippen LogP contribution < -0.4 is 5.32 Å². The average Bonchev–Trinajstić information content (AvgIpc) is 2.32. The van der Waals surface area contributed by atoms with Crippen LogP contribution in [0, 0.1) is 11.8 Å². The molecule has 1 saturated heterocycles. The number of carbonyl (C=O) groups is 2. The minimum absolute atomic E-state index is 0.00259. The predicted octanol–water partition coefficient (Wildman–Crippen LogP) is 1.03. The van der Waals surface area contributed by atoms with E-state index in [4.69, 9.17) is 4.74 Å². The zero-order valence-corrected chi connectivity index (χ0v) is 12.8. The Balaban J connectivity index is 2.99. The molecule has 2 amide bonds. The largest absolute Gasteiger partial charge is 0.380 e. The summed E-state index contributed by atoms with van der Waals surface area (Å²) in [7, 11) is 1.61. The van der Waals surface area contributed by atoms with Crippen LogP contribution in [0.2, 0.25) is 0 Å². The fourth-order valence-corrected chi connectivity index (χ4v) is 2.43. The molecule has 19 heavy (non-hydrogen) atoms. The monoisotopic (exact) mass is 270 g/mol. The van der Waals surface area contributed by atoms with Gasteiger partial charge in [-0.15, -0.1) is 0 Å². The predicted molar refractivity (Wildman–Crippen MR) is 73.6 cm³/mol. The summed E-state index contributed by atoms with van der Waals surface area (Å²) in [5.74, 6) is 0.111. The molecule has 3 unspecified atom stereocenters. The molecule has 0 aromatic heterocycles. The molecule has 0 aromatic rings. The van der Waals surface area contributed by atoms with Crippen LogP contribution >= 0.6 is 0 Å². The van der Waals surface area contributed by atoms with Gasteiger partial charge in [0.25, 0.3) is 0 Å². The molecule has 0 saturated carbocycles. The number of nitrogens with zero attached hydrogens (tertiary/aromatic N) is 1. The first kappa shape index (κ1) is 16.0. The number of ether oxygens (including phenoxy) is 1. The molecular formula is C14H26N2O3. The highest BCUT2D eigenvalue weighted by Gasteiger charge is 2.43. The summed E-state index contributed by atoms with van der Waals surface area (Å²) < 4.78 is 5.23. The number of rotatable bonds is 5. The fraction of sp³-hybridized carbons (Fsp3) is 0.857. The minimum Gasteiger partial charge on any atom is -0.380 e. The van der Waals surface area contributed by atoms with Gasteiger partial charge in [-0.1, -0.05) is 27.7 Å². The Hall–Kier alpha value is -1.10. The van der Waals surface area contributed by atoms with Crippen molar-refractivity contribution in [3.05, 3.63) is 0 Å². The summed E-state index contributed by atoms with van der Waals surface area (Å²) >= 11 is 0. The molecule has 1 rings (SSSR count). The van der Waals surface area contributed by atoms with Crippen molar-refractivity contribution in [1.82, 2.24) is 10.2 Å². The van der Waals surface area contributed by atoms with Crippen molar-refractivity contribution in [2.45, 2.75) is 52.8 Å². The number of piperazine rings is 1. The fourth-order valence-electron chi connectivity index (χ4n) is 2.43. The molecule has 0 spiro atoms. The van der Waals surface area contributed by atoms with E-state index in [1.54, 1.807) is 12.0 Å². The highest BCUT2D eigenvalue weighted by Crippen LogP contribution is 2.21.